The van der Waals surface area contributed by atoms with Crippen LogP contribution < -0.4 is 0 Å². The first-order valence-electron chi connectivity index (χ1n) is 12.1. The van der Waals surface area contributed by atoms with Gasteiger partial charge in [0.1, 0.15) is 24.6 Å². The number of carbonyl (C=O) groups excluding carboxylic acids is 1. The molecule has 0 N–H and O–H groups in total. The summed E-state index contributed by atoms with van der Waals surface area (Å²) in [5, 5.41) is 4.28. The largest absolute Gasteiger partial charge is 0.463 e. The van der Waals surface area contributed by atoms with Crippen molar-refractivity contribution < 1.29 is 32.0 Å². The molecular weight excluding hydrogens is 474 g/mol. The number of ether oxygens (including phenoxy) is 3. The Morgan fingerprint density at radius 3 is 2.12 bits per heavy atom. The summed E-state index contributed by atoms with van der Waals surface area (Å²) in [6.45, 7) is 17.8. The van der Waals surface area contributed by atoms with Crippen LogP contribution in [0.2, 0.25) is 22.2 Å². The van der Waals surface area contributed by atoms with E-state index in [0.717, 1.165) is 0 Å². The molecule has 34 heavy (non-hydrogen) atoms. The zero-order valence-electron chi connectivity index (χ0n) is 22.1. The molecule has 0 spiro atoms. The normalized spacial score (nSPS) is 28.9. The van der Waals surface area contributed by atoms with Crippen molar-refractivity contribution in [2.75, 3.05) is 20.8 Å². The summed E-state index contributed by atoms with van der Waals surface area (Å²) in [6.07, 6.45) is -0.452. The summed E-state index contributed by atoms with van der Waals surface area (Å²) in [4.78, 5) is 16.0. The fourth-order valence-electron chi connectivity index (χ4n) is 5.17. The van der Waals surface area contributed by atoms with E-state index in [9.17, 15) is 4.79 Å². The van der Waals surface area contributed by atoms with Crippen LogP contribution in [0.1, 0.15) is 72.2 Å². The Morgan fingerprint density at radius 2 is 1.62 bits per heavy atom. The van der Waals surface area contributed by atoms with Crippen LogP contribution in [-0.2, 0) is 27.2 Å². The molecule has 12 heteroatoms. The van der Waals surface area contributed by atoms with E-state index in [1.807, 2.05) is 0 Å². The molecule has 2 saturated heterocycles. The van der Waals surface area contributed by atoms with Crippen molar-refractivity contribution in [3.05, 3.63) is 12.2 Å². The van der Waals surface area contributed by atoms with Crippen molar-refractivity contribution in [2.24, 2.45) is 0 Å². The molecule has 3 heterocycles. The van der Waals surface area contributed by atoms with E-state index < -0.39 is 41.5 Å². The van der Waals surface area contributed by atoms with Crippen LogP contribution >= 0.6 is 0 Å². The number of hydrogen-bond acceptors (Lipinski definition) is 9. The molecule has 2 aliphatic heterocycles. The Kier molecular flexibility index (Phi) is 8.43. The van der Waals surface area contributed by atoms with E-state index in [1.54, 1.807) is 7.11 Å². The summed E-state index contributed by atoms with van der Waals surface area (Å²) >= 11 is 0. The topological polar surface area (TPSA) is 103 Å². The summed E-state index contributed by atoms with van der Waals surface area (Å²) in [6, 6.07) is 0. The van der Waals surface area contributed by atoms with E-state index in [2.05, 4.69) is 65.5 Å². The highest BCUT2D eigenvalue weighted by Gasteiger charge is 2.62. The van der Waals surface area contributed by atoms with E-state index in [-0.39, 0.29) is 34.1 Å². The second-order valence-corrected chi connectivity index (χ2v) is 19.2. The van der Waals surface area contributed by atoms with Gasteiger partial charge in [0.25, 0.3) is 5.82 Å². The predicted octanol–water partition coefficient (Wildman–Crippen LogP) is 3.93. The van der Waals surface area contributed by atoms with E-state index in [1.165, 1.54) is 18.1 Å². The summed E-state index contributed by atoms with van der Waals surface area (Å²) in [5.41, 5.74) is 0.858. The minimum Gasteiger partial charge on any atom is -0.463 e. The third-order valence-electron chi connectivity index (χ3n) is 7.03. The second kappa shape index (κ2) is 10.4. The van der Waals surface area contributed by atoms with Crippen LogP contribution in [0.15, 0.2) is 6.33 Å². The molecule has 0 aliphatic carbocycles. The lowest BCUT2D eigenvalue weighted by Crippen LogP contribution is -2.65. The van der Waals surface area contributed by atoms with E-state index in [0.29, 0.717) is 6.61 Å². The molecule has 0 bridgehead atoms. The fourth-order valence-corrected chi connectivity index (χ4v) is 16.4. The number of hydrogen-bond donors (Lipinski definition) is 0. The minimum atomic E-state index is -2.82. The summed E-state index contributed by atoms with van der Waals surface area (Å²) in [7, 11) is -2.57. The highest BCUT2D eigenvalue weighted by Crippen LogP contribution is 2.48. The van der Waals surface area contributed by atoms with Crippen molar-refractivity contribution in [2.45, 2.75) is 102 Å². The molecular formula is C22H41N3O7Si2. The lowest BCUT2D eigenvalue weighted by atomic mass is 10.1. The zero-order valence-corrected chi connectivity index (χ0v) is 24.1. The Morgan fingerprint density at radius 1 is 1.03 bits per heavy atom. The Bertz CT molecular complexity index is 832. The van der Waals surface area contributed by atoms with Crippen LogP contribution in [0.3, 0.4) is 0 Å². The molecule has 1 aromatic heterocycles. The Labute approximate surface area is 205 Å². The van der Waals surface area contributed by atoms with Gasteiger partial charge in [0.05, 0.1) is 13.7 Å². The van der Waals surface area contributed by atoms with Gasteiger partial charge >= 0.3 is 23.1 Å². The van der Waals surface area contributed by atoms with Gasteiger partial charge in [0.15, 0.2) is 6.23 Å². The lowest BCUT2D eigenvalue weighted by Gasteiger charge is -2.51. The van der Waals surface area contributed by atoms with Crippen molar-refractivity contribution >= 4 is 23.1 Å². The lowest BCUT2D eigenvalue weighted by molar-refractivity contribution is -0.0677. The van der Waals surface area contributed by atoms with Crippen molar-refractivity contribution in [3.8, 4) is 0 Å². The number of carbonyl (C=O) groups is 1. The minimum absolute atomic E-state index is 0.0371. The number of methoxy groups -OCH3 is 2. The number of rotatable bonds is 7. The van der Waals surface area contributed by atoms with Gasteiger partial charge in [-0.1, -0.05) is 55.4 Å². The maximum absolute atomic E-state index is 11.9. The third kappa shape index (κ3) is 4.65. The first kappa shape index (κ1) is 27.4. The van der Waals surface area contributed by atoms with Gasteiger partial charge in [0, 0.05) is 7.11 Å². The first-order chi connectivity index (χ1) is 15.9. The number of fused-ring (bicyclic) bond motifs is 1. The van der Waals surface area contributed by atoms with Crippen molar-refractivity contribution in [3.63, 3.8) is 0 Å². The zero-order chi connectivity index (χ0) is 25.4. The molecule has 0 amide bonds. The Balaban J connectivity index is 2.05. The van der Waals surface area contributed by atoms with E-state index in [4.69, 9.17) is 27.2 Å². The summed E-state index contributed by atoms with van der Waals surface area (Å²) in [5.74, 6) is -0.648. The monoisotopic (exact) mass is 515 g/mol. The van der Waals surface area contributed by atoms with Crippen LogP contribution in [0.25, 0.3) is 0 Å². The van der Waals surface area contributed by atoms with Crippen LogP contribution in [0.5, 0.6) is 0 Å². The van der Waals surface area contributed by atoms with Gasteiger partial charge < -0.3 is 27.2 Å². The Hall–Kier alpha value is -1.16. The smallest absolute Gasteiger partial charge is 0.377 e. The molecule has 4 atom stereocenters. The molecule has 0 aromatic carbocycles. The first-order valence-corrected chi connectivity index (χ1v) is 16.1. The molecule has 2 aliphatic rings. The quantitative estimate of drug-likeness (QED) is 0.394. The van der Waals surface area contributed by atoms with E-state index >= 15 is 0 Å². The van der Waals surface area contributed by atoms with Crippen molar-refractivity contribution in [1.29, 1.82) is 0 Å². The van der Waals surface area contributed by atoms with Gasteiger partial charge in [-0.15, -0.1) is 5.10 Å². The van der Waals surface area contributed by atoms with Gasteiger partial charge in [-0.3, -0.25) is 0 Å². The molecule has 0 radical (unpaired) electrons. The molecule has 0 saturated carbocycles. The maximum Gasteiger partial charge on any atom is 0.377 e. The SMILES string of the molecule is COC(=O)c1ncn([C@@H]2O[C@@H]3CO[Si](C(C)C)(C(C)C)O[Si](C(C)C)(C(C)C)O[C@H]3[C@H]2OC)n1. The average Bonchev–Trinajstić information content (AvgIpc) is 3.37. The fraction of sp³-hybridized carbons (Fsp3) is 0.864. The molecule has 10 nitrogen and oxygen atoms in total. The predicted molar refractivity (Wildman–Crippen MR) is 130 cm³/mol. The molecule has 194 valence electrons. The highest BCUT2D eigenvalue weighted by atomic mass is 28.5. The number of aromatic nitrogens is 3. The van der Waals surface area contributed by atoms with Crippen molar-refractivity contribution in [1.82, 2.24) is 14.8 Å². The van der Waals surface area contributed by atoms with Crippen LogP contribution in [0.4, 0.5) is 0 Å². The number of nitrogens with zero attached hydrogens (tertiary/aromatic N) is 3. The molecule has 2 fully saturated rings. The van der Waals surface area contributed by atoms with Gasteiger partial charge in [-0.2, -0.15) is 0 Å². The standard InChI is InChI=1S/C22H41N3O7Si2/c1-13(2)33(14(3)4)29-11-17-18(31-34(32-33,15(5)6)16(7)8)19(27-9)21(30-17)25-12-23-20(24-25)22(26)28-10/h12-19,21H,11H2,1-10H3/t17-,18-,19-,21-/m1/s1. The average molecular weight is 516 g/mol. The van der Waals surface area contributed by atoms with Gasteiger partial charge in [-0.25, -0.2) is 14.5 Å². The van der Waals surface area contributed by atoms with Crippen LogP contribution in [0, 0.1) is 0 Å². The highest BCUT2D eigenvalue weighted by molar-refractivity contribution is 6.83. The van der Waals surface area contributed by atoms with Crippen LogP contribution in [-0.4, -0.2) is 77.0 Å². The second-order valence-electron chi connectivity index (χ2n) is 10.4. The summed E-state index contributed by atoms with van der Waals surface area (Å²) < 4.78 is 39.7. The van der Waals surface area contributed by atoms with Gasteiger partial charge in [-0.05, 0) is 22.2 Å². The number of esters is 1. The maximum atomic E-state index is 11.9. The van der Waals surface area contributed by atoms with Gasteiger partial charge in [0.2, 0.25) is 0 Å². The molecule has 3 rings (SSSR count). The molecule has 1 aromatic rings. The molecule has 0 unspecified atom stereocenters. The third-order valence-corrected chi connectivity index (χ3v) is 17.3.